The van der Waals surface area contributed by atoms with Crippen LogP contribution in [0.1, 0.15) is 24.4 Å². The Morgan fingerprint density at radius 2 is 2.26 bits per heavy atom. The van der Waals surface area contributed by atoms with E-state index in [0.717, 1.165) is 16.6 Å². The molecule has 106 valence electrons. The van der Waals surface area contributed by atoms with E-state index in [0.29, 0.717) is 12.8 Å². The molecule has 5 heteroatoms. The zero-order chi connectivity index (χ0) is 14.3. The van der Waals surface area contributed by atoms with Gasteiger partial charge in [-0.1, -0.05) is 28.1 Å². The summed E-state index contributed by atoms with van der Waals surface area (Å²) in [4.78, 5) is 13.1. The van der Waals surface area contributed by atoms with Crippen molar-refractivity contribution in [3.8, 4) is 0 Å². The summed E-state index contributed by atoms with van der Waals surface area (Å²) in [6.07, 6.45) is 1.12. The normalized spacial score (nSPS) is 12.5. The third kappa shape index (κ3) is 5.30. The van der Waals surface area contributed by atoms with Gasteiger partial charge in [-0.3, -0.25) is 9.69 Å². The number of hydrogen-bond acceptors (Lipinski definition) is 4. The molecule has 0 aliphatic heterocycles. The highest BCUT2D eigenvalue weighted by Crippen LogP contribution is 2.22. The number of halogens is 1. The fourth-order valence-electron chi connectivity index (χ4n) is 1.94. The quantitative estimate of drug-likeness (QED) is 0.780. The van der Waals surface area contributed by atoms with Crippen LogP contribution in [0.3, 0.4) is 0 Å². The summed E-state index contributed by atoms with van der Waals surface area (Å²) < 4.78 is 5.60. The average molecular weight is 330 g/mol. The Morgan fingerprint density at radius 1 is 1.53 bits per heavy atom. The summed E-state index contributed by atoms with van der Waals surface area (Å²) in [5, 5.41) is 9.55. The van der Waals surface area contributed by atoms with Gasteiger partial charge in [0.25, 0.3) is 0 Å². The number of likely N-dealkylation sites (N-methyl/N-ethyl adjacent to an activating group) is 1. The predicted octanol–water partition coefficient (Wildman–Crippen LogP) is 2.37. The van der Waals surface area contributed by atoms with Crippen molar-refractivity contribution in [3.63, 3.8) is 0 Å². The van der Waals surface area contributed by atoms with Gasteiger partial charge in [0.1, 0.15) is 0 Å². The van der Waals surface area contributed by atoms with E-state index in [-0.39, 0.29) is 18.6 Å². The molecule has 0 radical (unpaired) electrons. The lowest BCUT2D eigenvalue weighted by Crippen LogP contribution is -2.28. The summed E-state index contributed by atoms with van der Waals surface area (Å²) in [5.74, 6) is -0.198. The summed E-state index contributed by atoms with van der Waals surface area (Å²) in [5.41, 5.74) is 1.05. The molecule has 0 saturated heterocycles. The van der Waals surface area contributed by atoms with E-state index in [1.165, 1.54) is 7.11 Å². The lowest BCUT2D eigenvalue weighted by molar-refractivity contribution is -0.140. The number of aliphatic hydroxyl groups excluding tert-OH is 1. The molecule has 0 bridgehead atoms. The van der Waals surface area contributed by atoms with Crippen molar-refractivity contribution < 1.29 is 14.6 Å². The van der Waals surface area contributed by atoms with Crippen LogP contribution in [0, 0.1) is 0 Å². The number of esters is 1. The van der Waals surface area contributed by atoms with Gasteiger partial charge in [-0.15, -0.1) is 0 Å². The number of nitrogens with zero attached hydrogens (tertiary/aromatic N) is 1. The first-order chi connectivity index (χ1) is 9.08. The van der Waals surface area contributed by atoms with Gasteiger partial charge >= 0.3 is 5.97 Å². The molecule has 4 nitrogen and oxygen atoms in total. The second-order valence-corrected chi connectivity index (χ2v) is 5.33. The number of methoxy groups -OCH3 is 1. The molecular formula is C14H20BrNO3. The van der Waals surface area contributed by atoms with Gasteiger partial charge in [0.2, 0.25) is 0 Å². The number of carbonyl (C=O) groups is 1. The van der Waals surface area contributed by atoms with E-state index in [9.17, 15) is 9.90 Å². The van der Waals surface area contributed by atoms with E-state index < -0.39 is 0 Å². The highest BCUT2D eigenvalue weighted by molar-refractivity contribution is 9.10. The van der Waals surface area contributed by atoms with Crippen LogP contribution in [-0.4, -0.2) is 43.3 Å². The van der Waals surface area contributed by atoms with Crippen molar-refractivity contribution in [2.75, 3.05) is 27.3 Å². The van der Waals surface area contributed by atoms with Gasteiger partial charge in [-0.05, 0) is 37.7 Å². The van der Waals surface area contributed by atoms with E-state index >= 15 is 0 Å². The number of aliphatic hydroxyl groups is 1. The van der Waals surface area contributed by atoms with Gasteiger partial charge in [0.05, 0.1) is 19.8 Å². The van der Waals surface area contributed by atoms with Crippen LogP contribution in [0.5, 0.6) is 0 Å². The van der Waals surface area contributed by atoms with Gasteiger partial charge in [0.15, 0.2) is 0 Å². The van der Waals surface area contributed by atoms with Crippen LogP contribution in [-0.2, 0) is 9.53 Å². The minimum absolute atomic E-state index is 0.0468. The standard InChI is InChI=1S/C14H20BrNO3/c1-16(8-4-7-14(18)19-2)13(10-17)11-5-3-6-12(15)9-11/h3,5-6,9,13,17H,4,7-8,10H2,1-2H3. The molecule has 1 aromatic rings. The van der Waals surface area contributed by atoms with Crippen molar-refractivity contribution >= 4 is 21.9 Å². The topological polar surface area (TPSA) is 49.8 Å². The summed E-state index contributed by atoms with van der Waals surface area (Å²) in [7, 11) is 3.34. The second kappa shape index (κ2) is 8.30. The largest absolute Gasteiger partial charge is 0.469 e. The molecule has 0 fully saturated rings. The Morgan fingerprint density at radius 3 is 2.84 bits per heavy atom. The van der Waals surface area contributed by atoms with Crippen LogP contribution in [0.2, 0.25) is 0 Å². The van der Waals surface area contributed by atoms with E-state index in [1.54, 1.807) is 0 Å². The number of benzene rings is 1. The van der Waals surface area contributed by atoms with Crippen molar-refractivity contribution in [1.82, 2.24) is 4.90 Å². The molecular weight excluding hydrogens is 310 g/mol. The Balaban J connectivity index is 2.57. The van der Waals surface area contributed by atoms with Crippen LogP contribution < -0.4 is 0 Å². The SMILES string of the molecule is COC(=O)CCCN(C)C(CO)c1cccc(Br)c1. The highest BCUT2D eigenvalue weighted by Gasteiger charge is 2.16. The highest BCUT2D eigenvalue weighted by atomic mass is 79.9. The molecule has 1 atom stereocenters. The van der Waals surface area contributed by atoms with Crippen LogP contribution in [0.4, 0.5) is 0 Å². The third-order valence-corrected chi connectivity index (χ3v) is 3.55. The average Bonchev–Trinajstić information content (AvgIpc) is 2.39. The van der Waals surface area contributed by atoms with Gasteiger partial charge in [0, 0.05) is 10.9 Å². The Bertz CT molecular complexity index is 411. The summed E-state index contributed by atoms with van der Waals surface area (Å²) >= 11 is 3.43. The lowest BCUT2D eigenvalue weighted by Gasteiger charge is -2.26. The van der Waals surface area contributed by atoms with Crippen LogP contribution in [0.15, 0.2) is 28.7 Å². The van der Waals surface area contributed by atoms with Crippen molar-refractivity contribution in [1.29, 1.82) is 0 Å². The van der Waals surface area contributed by atoms with Crippen molar-refractivity contribution in [2.24, 2.45) is 0 Å². The van der Waals surface area contributed by atoms with Gasteiger partial charge in [-0.25, -0.2) is 0 Å². The molecule has 0 aliphatic rings. The maximum absolute atomic E-state index is 11.1. The second-order valence-electron chi connectivity index (χ2n) is 4.41. The van der Waals surface area contributed by atoms with Gasteiger partial charge in [-0.2, -0.15) is 0 Å². The minimum Gasteiger partial charge on any atom is -0.469 e. The molecule has 0 saturated carbocycles. The fourth-order valence-corrected chi connectivity index (χ4v) is 2.36. The molecule has 1 unspecified atom stereocenters. The van der Waals surface area contributed by atoms with Crippen molar-refractivity contribution in [3.05, 3.63) is 34.3 Å². The third-order valence-electron chi connectivity index (χ3n) is 3.06. The molecule has 0 spiro atoms. The number of rotatable bonds is 7. The maximum atomic E-state index is 11.1. The Labute approximate surface area is 122 Å². The monoisotopic (exact) mass is 329 g/mol. The smallest absolute Gasteiger partial charge is 0.305 e. The molecule has 0 heterocycles. The van der Waals surface area contributed by atoms with Gasteiger partial charge < -0.3 is 9.84 Å². The van der Waals surface area contributed by atoms with Crippen LogP contribution in [0.25, 0.3) is 0 Å². The maximum Gasteiger partial charge on any atom is 0.305 e. The number of hydrogen-bond donors (Lipinski definition) is 1. The number of ether oxygens (including phenoxy) is 1. The minimum atomic E-state index is -0.198. The zero-order valence-corrected chi connectivity index (χ0v) is 12.9. The van der Waals surface area contributed by atoms with E-state index in [1.807, 2.05) is 36.2 Å². The summed E-state index contributed by atoms with van der Waals surface area (Å²) in [6.45, 7) is 0.776. The molecule has 0 amide bonds. The molecule has 0 aromatic heterocycles. The molecule has 1 rings (SSSR count). The molecule has 1 N–H and O–H groups in total. The number of carbonyl (C=O) groups excluding carboxylic acids is 1. The van der Waals surface area contributed by atoms with Crippen LogP contribution >= 0.6 is 15.9 Å². The zero-order valence-electron chi connectivity index (χ0n) is 11.3. The first kappa shape index (κ1) is 16.1. The molecule has 1 aromatic carbocycles. The lowest BCUT2D eigenvalue weighted by atomic mass is 10.1. The first-order valence-corrected chi connectivity index (χ1v) is 7.01. The Hall–Kier alpha value is -0.910. The Kier molecular flexibility index (Phi) is 7.05. The van der Waals surface area contributed by atoms with E-state index in [4.69, 9.17) is 0 Å². The first-order valence-electron chi connectivity index (χ1n) is 6.22. The predicted molar refractivity (Wildman–Crippen MR) is 77.8 cm³/mol. The van der Waals surface area contributed by atoms with Crippen molar-refractivity contribution in [2.45, 2.75) is 18.9 Å². The summed E-state index contributed by atoms with van der Waals surface area (Å²) in [6, 6.07) is 7.83. The van der Waals surface area contributed by atoms with E-state index in [2.05, 4.69) is 20.7 Å². The fraction of sp³-hybridized carbons (Fsp3) is 0.500. The molecule has 0 aliphatic carbocycles. The molecule has 19 heavy (non-hydrogen) atoms.